The van der Waals surface area contributed by atoms with E-state index in [1.165, 1.54) is 48.1 Å². The number of benzene rings is 1. The van der Waals surface area contributed by atoms with Gasteiger partial charge in [-0.25, -0.2) is 4.57 Å². The quantitative estimate of drug-likeness (QED) is 0.712. The summed E-state index contributed by atoms with van der Waals surface area (Å²) in [5.41, 5.74) is 5.52. The Balaban J connectivity index is 1.98. The lowest BCUT2D eigenvalue weighted by Gasteiger charge is -2.19. The van der Waals surface area contributed by atoms with E-state index < -0.39 is 0 Å². The average Bonchev–Trinajstić information content (AvgIpc) is 3.02. The number of pyridine rings is 1. The van der Waals surface area contributed by atoms with Gasteiger partial charge in [0.2, 0.25) is 5.69 Å². The normalized spacial score (nSPS) is 17.1. The van der Waals surface area contributed by atoms with E-state index in [0.29, 0.717) is 5.92 Å². The Kier molecular flexibility index (Phi) is 4.10. The molecule has 1 heterocycles. The van der Waals surface area contributed by atoms with Gasteiger partial charge in [0.1, 0.15) is 7.05 Å². The molecule has 1 saturated carbocycles. The van der Waals surface area contributed by atoms with Crippen LogP contribution in [0.4, 0.5) is 0 Å². The number of aryl methyl sites for hydroxylation is 2. The molecule has 3 rings (SSSR count). The van der Waals surface area contributed by atoms with Crippen LogP contribution >= 0.6 is 0 Å². The van der Waals surface area contributed by atoms with Crippen LogP contribution in [0.2, 0.25) is 0 Å². The van der Waals surface area contributed by atoms with Gasteiger partial charge in [0.25, 0.3) is 0 Å². The third-order valence-electron chi connectivity index (χ3n) is 5.23. The molecule has 1 aliphatic rings. The van der Waals surface area contributed by atoms with Crippen molar-refractivity contribution in [1.82, 2.24) is 0 Å². The van der Waals surface area contributed by atoms with Gasteiger partial charge in [-0.3, -0.25) is 0 Å². The van der Waals surface area contributed by atoms with Crippen molar-refractivity contribution in [3.05, 3.63) is 53.7 Å². The molecule has 0 N–H and O–H groups in total. The van der Waals surface area contributed by atoms with Crippen molar-refractivity contribution < 1.29 is 4.57 Å². The van der Waals surface area contributed by atoms with Gasteiger partial charge in [0.15, 0.2) is 6.20 Å². The SMILES string of the molecule is Cc1ccccc1-c1cc(C(C)C2CCCC2)cc[n+]1C. The van der Waals surface area contributed by atoms with Gasteiger partial charge in [0, 0.05) is 17.7 Å². The summed E-state index contributed by atoms with van der Waals surface area (Å²) in [7, 11) is 2.14. The van der Waals surface area contributed by atoms with Crippen LogP contribution in [0.5, 0.6) is 0 Å². The molecule has 1 fully saturated rings. The minimum atomic E-state index is 0.677. The van der Waals surface area contributed by atoms with Crippen LogP contribution in [0.3, 0.4) is 0 Å². The molecule has 1 nitrogen and oxygen atoms in total. The third kappa shape index (κ3) is 2.88. The zero-order chi connectivity index (χ0) is 14.8. The van der Waals surface area contributed by atoms with E-state index in [0.717, 1.165) is 5.92 Å². The van der Waals surface area contributed by atoms with Crippen molar-refractivity contribution in [2.24, 2.45) is 13.0 Å². The number of rotatable bonds is 3. The lowest BCUT2D eigenvalue weighted by molar-refractivity contribution is -0.660. The molecular formula is C20H26N+. The molecule has 0 aliphatic heterocycles. The van der Waals surface area contributed by atoms with Crippen molar-refractivity contribution in [3.8, 4) is 11.3 Å². The molecule has 0 bridgehead atoms. The second-order valence-corrected chi connectivity index (χ2v) is 6.60. The first kappa shape index (κ1) is 14.3. The van der Waals surface area contributed by atoms with E-state index in [1.54, 1.807) is 0 Å². The van der Waals surface area contributed by atoms with Crippen molar-refractivity contribution in [1.29, 1.82) is 0 Å². The maximum Gasteiger partial charge on any atom is 0.212 e. The molecule has 0 spiro atoms. The molecule has 1 heteroatoms. The van der Waals surface area contributed by atoms with Crippen LogP contribution in [0.1, 0.15) is 49.7 Å². The van der Waals surface area contributed by atoms with Crippen LogP contribution < -0.4 is 4.57 Å². The van der Waals surface area contributed by atoms with Crippen molar-refractivity contribution in [2.45, 2.75) is 45.4 Å². The monoisotopic (exact) mass is 280 g/mol. The van der Waals surface area contributed by atoms with Gasteiger partial charge in [-0.15, -0.1) is 0 Å². The Bertz CT molecular complexity index is 623. The third-order valence-corrected chi connectivity index (χ3v) is 5.23. The lowest BCUT2D eigenvalue weighted by Crippen LogP contribution is -2.31. The molecule has 2 aromatic rings. The van der Waals surface area contributed by atoms with E-state index in [2.05, 4.69) is 68.1 Å². The zero-order valence-electron chi connectivity index (χ0n) is 13.5. The second kappa shape index (κ2) is 6.01. The first-order chi connectivity index (χ1) is 10.2. The molecule has 1 aliphatic carbocycles. The molecule has 0 radical (unpaired) electrons. The molecule has 1 aromatic carbocycles. The van der Waals surface area contributed by atoms with Crippen molar-refractivity contribution in [2.75, 3.05) is 0 Å². The van der Waals surface area contributed by atoms with Crippen molar-refractivity contribution in [3.63, 3.8) is 0 Å². The van der Waals surface area contributed by atoms with E-state index >= 15 is 0 Å². The summed E-state index contributed by atoms with van der Waals surface area (Å²) in [6, 6.07) is 13.4. The lowest BCUT2D eigenvalue weighted by atomic mass is 9.86. The van der Waals surface area contributed by atoms with Gasteiger partial charge in [-0.1, -0.05) is 38.0 Å². The number of hydrogen-bond donors (Lipinski definition) is 0. The standard InChI is InChI=1S/C20H26N/c1-15-8-4-7-11-19(15)20-14-18(12-13-21(20)3)16(2)17-9-5-6-10-17/h4,7-8,11-14,16-17H,5-6,9-10H2,1-3H3/q+1. The molecular weight excluding hydrogens is 254 g/mol. The number of hydrogen-bond acceptors (Lipinski definition) is 0. The molecule has 1 unspecified atom stereocenters. The molecule has 0 amide bonds. The zero-order valence-corrected chi connectivity index (χ0v) is 13.5. The predicted molar refractivity (Wildman–Crippen MR) is 88.2 cm³/mol. The summed E-state index contributed by atoms with van der Waals surface area (Å²) in [4.78, 5) is 0. The van der Waals surface area contributed by atoms with Crippen LogP contribution in [0.15, 0.2) is 42.6 Å². The van der Waals surface area contributed by atoms with E-state index in [9.17, 15) is 0 Å². The minimum Gasteiger partial charge on any atom is -0.201 e. The fourth-order valence-electron chi connectivity index (χ4n) is 3.73. The average molecular weight is 280 g/mol. The highest BCUT2D eigenvalue weighted by atomic mass is 14.9. The molecule has 21 heavy (non-hydrogen) atoms. The van der Waals surface area contributed by atoms with Crippen LogP contribution in [-0.2, 0) is 7.05 Å². The fourth-order valence-corrected chi connectivity index (χ4v) is 3.73. The first-order valence-corrected chi connectivity index (χ1v) is 8.22. The van der Waals surface area contributed by atoms with Crippen LogP contribution in [-0.4, -0.2) is 0 Å². The minimum absolute atomic E-state index is 0.677. The van der Waals surface area contributed by atoms with Gasteiger partial charge < -0.3 is 0 Å². The summed E-state index contributed by atoms with van der Waals surface area (Å²) in [6.07, 6.45) is 7.87. The molecule has 1 aromatic heterocycles. The van der Waals surface area contributed by atoms with Crippen LogP contribution in [0.25, 0.3) is 11.3 Å². The second-order valence-electron chi connectivity index (χ2n) is 6.60. The summed E-state index contributed by atoms with van der Waals surface area (Å²) in [5.74, 6) is 1.55. The number of nitrogens with zero attached hydrogens (tertiary/aromatic N) is 1. The highest BCUT2D eigenvalue weighted by molar-refractivity contribution is 5.61. The van der Waals surface area contributed by atoms with Gasteiger partial charge in [-0.2, -0.15) is 0 Å². The maximum absolute atomic E-state index is 2.41. The van der Waals surface area contributed by atoms with E-state index in [1.807, 2.05) is 0 Å². The van der Waals surface area contributed by atoms with Crippen molar-refractivity contribution >= 4 is 0 Å². The topological polar surface area (TPSA) is 3.88 Å². The predicted octanol–water partition coefficient (Wildman–Crippen LogP) is 4.78. The Morgan fingerprint density at radius 2 is 1.81 bits per heavy atom. The highest BCUT2D eigenvalue weighted by Crippen LogP contribution is 2.37. The van der Waals surface area contributed by atoms with Gasteiger partial charge >= 0.3 is 0 Å². The molecule has 1 atom stereocenters. The Labute approximate surface area is 128 Å². The fraction of sp³-hybridized carbons (Fsp3) is 0.450. The summed E-state index contributed by atoms with van der Waals surface area (Å²) in [6.45, 7) is 4.61. The smallest absolute Gasteiger partial charge is 0.201 e. The summed E-state index contributed by atoms with van der Waals surface area (Å²) >= 11 is 0. The Morgan fingerprint density at radius 1 is 1.10 bits per heavy atom. The van der Waals surface area contributed by atoms with E-state index in [-0.39, 0.29) is 0 Å². The van der Waals surface area contributed by atoms with E-state index in [4.69, 9.17) is 0 Å². The molecule has 0 saturated heterocycles. The highest BCUT2D eigenvalue weighted by Gasteiger charge is 2.24. The molecule has 110 valence electrons. The van der Waals surface area contributed by atoms with Gasteiger partial charge in [0.05, 0.1) is 0 Å². The number of aromatic nitrogens is 1. The van der Waals surface area contributed by atoms with Crippen LogP contribution in [0, 0.1) is 12.8 Å². The summed E-state index contributed by atoms with van der Waals surface area (Å²) in [5, 5.41) is 0. The summed E-state index contributed by atoms with van der Waals surface area (Å²) < 4.78 is 2.24. The first-order valence-electron chi connectivity index (χ1n) is 8.22. The van der Waals surface area contributed by atoms with Gasteiger partial charge in [-0.05, 0) is 48.8 Å². The largest absolute Gasteiger partial charge is 0.212 e. The maximum atomic E-state index is 2.41. The Hall–Kier alpha value is -1.63. The Morgan fingerprint density at radius 3 is 2.52 bits per heavy atom.